The minimum absolute atomic E-state index is 0.0716. The third-order valence-corrected chi connectivity index (χ3v) is 10.1. The van der Waals surface area contributed by atoms with Gasteiger partial charge in [0.25, 0.3) is 15.9 Å². The Morgan fingerprint density at radius 2 is 1.78 bits per heavy atom. The van der Waals surface area contributed by atoms with Gasteiger partial charge in [0.1, 0.15) is 17.7 Å². The van der Waals surface area contributed by atoms with Gasteiger partial charge in [-0.05, 0) is 86.3 Å². The lowest BCUT2D eigenvalue weighted by Crippen LogP contribution is -2.47. The van der Waals surface area contributed by atoms with E-state index in [2.05, 4.69) is 14.9 Å². The zero-order valence-corrected chi connectivity index (χ0v) is 29.0. The molecule has 0 fully saturated rings. The highest BCUT2D eigenvalue weighted by atomic mass is 32.2. The van der Waals surface area contributed by atoms with Crippen LogP contribution in [-0.4, -0.2) is 74.0 Å². The molecule has 0 bridgehead atoms. The number of aliphatic hydroxyl groups is 1. The number of nitrogens with two attached hydrogens (primary N) is 1. The van der Waals surface area contributed by atoms with Crippen LogP contribution >= 0.6 is 0 Å². The van der Waals surface area contributed by atoms with Crippen LogP contribution in [0.5, 0.6) is 5.75 Å². The predicted octanol–water partition coefficient (Wildman–Crippen LogP) is 4.74. The first-order valence-corrected chi connectivity index (χ1v) is 17.7. The fraction of sp³-hybridized carbons (Fsp3) is 0.297. The van der Waals surface area contributed by atoms with E-state index >= 15 is 0 Å². The highest BCUT2D eigenvalue weighted by Crippen LogP contribution is 2.30. The number of fused-ring (bicyclic) bond motifs is 1. The second kappa shape index (κ2) is 15.7. The van der Waals surface area contributed by atoms with E-state index in [1.54, 1.807) is 66.4 Å². The Morgan fingerprint density at radius 3 is 2.46 bits per heavy atom. The second-order valence-electron chi connectivity index (χ2n) is 12.7. The number of aliphatic hydroxyl groups excluding tert-OH is 1. The van der Waals surface area contributed by atoms with Gasteiger partial charge in [0.05, 0.1) is 35.3 Å². The number of nitrogens with zero attached hydrogens (tertiary/aromatic N) is 2. The number of amides is 2. The Kier molecular flexibility index (Phi) is 11.4. The Labute approximate surface area is 291 Å². The molecule has 0 aromatic heterocycles. The maximum atomic E-state index is 13.6. The van der Waals surface area contributed by atoms with Gasteiger partial charge in [-0.25, -0.2) is 12.8 Å². The first-order valence-electron chi connectivity index (χ1n) is 16.2. The lowest BCUT2D eigenvalue weighted by atomic mass is 10.0. The molecule has 50 heavy (non-hydrogen) atoms. The van der Waals surface area contributed by atoms with Gasteiger partial charge in [-0.3, -0.25) is 19.2 Å². The summed E-state index contributed by atoms with van der Waals surface area (Å²) in [6.07, 6.45) is -0.459. The lowest BCUT2D eigenvalue weighted by Gasteiger charge is -2.34. The van der Waals surface area contributed by atoms with E-state index < -0.39 is 21.9 Å². The number of halogens is 1. The van der Waals surface area contributed by atoms with Crippen molar-refractivity contribution in [2.24, 2.45) is 5.92 Å². The van der Waals surface area contributed by atoms with Crippen LogP contribution in [0.4, 0.5) is 21.5 Å². The third-order valence-electron chi connectivity index (χ3n) is 8.66. The summed E-state index contributed by atoms with van der Waals surface area (Å²) in [5, 5.41) is 12.8. The van der Waals surface area contributed by atoms with Crippen molar-refractivity contribution in [1.82, 2.24) is 9.80 Å². The zero-order valence-electron chi connectivity index (χ0n) is 28.2. The van der Waals surface area contributed by atoms with Crippen LogP contribution in [-0.2, 0) is 27.8 Å². The van der Waals surface area contributed by atoms with E-state index in [-0.39, 0.29) is 47.4 Å². The Hall–Kier alpha value is -4.98. The molecule has 13 heteroatoms. The molecule has 1 aliphatic heterocycles. The first-order chi connectivity index (χ1) is 23.8. The number of nitrogens with one attached hydrogen (secondary N) is 2. The smallest absolute Gasteiger partial charge is 0.261 e. The van der Waals surface area contributed by atoms with Gasteiger partial charge in [0.15, 0.2) is 0 Å². The van der Waals surface area contributed by atoms with E-state index in [9.17, 15) is 27.5 Å². The molecule has 0 aliphatic carbocycles. The molecule has 0 radical (unpaired) electrons. The number of benzene rings is 4. The number of hydrogen-bond donors (Lipinski definition) is 4. The van der Waals surface area contributed by atoms with Gasteiger partial charge in [-0.1, -0.05) is 31.2 Å². The van der Waals surface area contributed by atoms with Crippen molar-refractivity contribution in [3.8, 4) is 5.75 Å². The van der Waals surface area contributed by atoms with Crippen molar-refractivity contribution < 1.29 is 32.2 Å². The predicted molar refractivity (Wildman–Crippen MR) is 191 cm³/mol. The number of hydrogen-bond acceptors (Lipinski definition) is 8. The van der Waals surface area contributed by atoms with E-state index in [0.717, 1.165) is 17.7 Å². The molecular formula is C37H42FN5O6S. The molecule has 0 saturated heterocycles. The van der Waals surface area contributed by atoms with Gasteiger partial charge in [0, 0.05) is 42.4 Å². The topological polar surface area (TPSA) is 154 Å². The SMILES string of the molecule is C[C@H](CO)N1C[C@H](C)[C@H](CN(C)Cc2ccc(C(=O)Nc3ccccc3N)cc2)Oc2ccc(NS(=O)(=O)c3ccc(F)cc3)cc2CC1=O. The Morgan fingerprint density at radius 1 is 1.08 bits per heavy atom. The summed E-state index contributed by atoms with van der Waals surface area (Å²) < 4.78 is 48.5. The molecule has 3 atom stereocenters. The largest absolute Gasteiger partial charge is 0.488 e. The summed E-state index contributed by atoms with van der Waals surface area (Å²) in [6, 6.07) is 23.2. The fourth-order valence-electron chi connectivity index (χ4n) is 5.79. The molecule has 2 amide bonds. The van der Waals surface area contributed by atoms with Crippen LogP contribution < -0.4 is 20.5 Å². The van der Waals surface area contributed by atoms with E-state index in [4.69, 9.17) is 10.5 Å². The van der Waals surface area contributed by atoms with Crippen LogP contribution in [0, 0.1) is 11.7 Å². The van der Waals surface area contributed by atoms with Crippen molar-refractivity contribution in [2.75, 3.05) is 42.5 Å². The number of para-hydroxylation sites is 2. The summed E-state index contributed by atoms with van der Waals surface area (Å²) in [5.41, 5.74) is 9.15. The molecule has 0 saturated carbocycles. The van der Waals surface area contributed by atoms with Crippen molar-refractivity contribution in [2.45, 2.75) is 43.9 Å². The minimum atomic E-state index is -4.03. The summed E-state index contributed by atoms with van der Waals surface area (Å²) >= 11 is 0. The van der Waals surface area contributed by atoms with Crippen LogP contribution in [0.25, 0.3) is 0 Å². The number of likely N-dealkylation sites (N-methyl/N-ethyl adjacent to an activating group) is 1. The molecule has 0 unspecified atom stereocenters. The van der Waals surface area contributed by atoms with Crippen LogP contribution in [0.3, 0.4) is 0 Å². The molecule has 5 rings (SSSR count). The molecule has 11 nitrogen and oxygen atoms in total. The average molecular weight is 704 g/mol. The standard InChI is InChI=1S/C37H42FN5O6S/c1-24-20-43(25(2)23-44)36(45)19-28-18-30(41-50(47,48)31-15-12-29(38)13-16-31)14-17-34(28)49-35(24)22-42(3)21-26-8-10-27(11-9-26)37(46)40-33-7-5-4-6-32(33)39/h4-18,24-25,35,41,44H,19-23,39H2,1-3H3,(H,40,46)/t24-,25+,35-/m0/s1. The summed E-state index contributed by atoms with van der Waals surface area (Å²) in [7, 11) is -2.08. The van der Waals surface area contributed by atoms with Crippen LogP contribution in [0.15, 0.2) is 95.9 Å². The molecule has 264 valence electrons. The van der Waals surface area contributed by atoms with Crippen molar-refractivity contribution >= 4 is 38.9 Å². The van der Waals surface area contributed by atoms with Gasteiger partial charge >= 0.3 is 0 Å². The number of ether oxygens (including phenoxy) is 1. The van der Waals surface area contributed by atoms with Crippen LogP contribution in [0.1, 0.15) is 35.3 Å². The summed E-state index contributed by atoms with van der Waals surface area (Å²) in [5.74, 6) is -0.747. The highest BCUT2D eigenvalue weighted by Gasteiger charge is 2.31. The molecule has 1 heterocycles. The minimum Gasteiger partial charge on any atom is -0.488 e. The molecule has 4 aromatic carbocycles. The number of carbonyl (C=O) groups excluding carboxylic acids is 2. The first kappa shape index (κ1) is 36.3. The zero-order chi connectivity index (χ0) is 36.0. The normalized spacial score (nSPS) is 17.2. The highest BCUT2D eigenvalue weighted by molar-refractivity contribution is 7.92. The van der Waals surface area contributed by atoms with Crippen molar-refractivity contribution in [3.05, 3.63) is 114 Å². The van der Waals surface area contributed by atoms with Crippen molar-refractivity contribution in [1.29, 1.82) is 0 Å². The fourth-order valence-corrected chi connectivity index (χ4v) is 6.84. The van der Waals surface area contributed by atoms with E-state index in [1.165, 1.54) is 12.1 Å². The number of sulfonamides is 1. The van der Waals surface area contributed by atoms with Gasteiger partial charge in [-0.2, -0.15) is 0 Å². The van der Waals surface area contributed by atoms with Crippen molar-refractivity contribution in [3.63, 3.8) is 0 Å². The Balaban J connectivity index is 1.33. The maximum absolute atomic E-state index is 13.6. The van der Waals surface area contributed by atoms with Gasteiger partial charge in [0.2, 0.25) is 5.91 Å². The second-order valence-corrected chi connectivity index (χ2v) is 14.4. The lowest BCUT2D eigenvalue weighted by molar-refractivity contribution is -0.134. The number of rotatable bonds is 11. The number of anilines is 3. The van der Waals surface area contributed by atoms with Gasteiger partial charge in [-0.15, -0.1) is 0 Å². The number of carbonyl (C=O) groups is 2. The summed E-state index contributed by atoms with van der Waals surface area (Å²) in [6.45, 7) is 4.91. The molecular weight excluding hydrogens is 662 g/mol. The molecule has 4 aromatic rings. The average Bonchev–Trinajstić information content (AvgIpc) is 3.12. The molecule has 0 spiro atoms. The van der Waals surface area contributed by atoms with E-state index in [1.807, 2.05) is 26.1 Å². The third kappa shape index (κ3) is 8.97. The maximum Gasteiger partial charge on any atom is 0.261 e. The molecule has 1 aliphatic rings. The van der Waals surface area contributed by atoms with Gasteiger partial charge < -0.3 is 25.8 Å². The Bertz CT molecular complexity index is 1920. The number of nitrogen functional groups attached to an aromatic ring is 1. The summed E-state index contributed by atoms with van der Waals surface area (Å²) in [4.78, 5) is 30.0. The quantitative estimate of drug-likeness (QED) is 0.164. The monoisotopic (exact) mass is 703 g/mol. The molecule has 5 N–H and O–H groups in total. The van der Waals surface area contributed by atoms with E-state index in [0.29, 0.717) is 47.9 Å². The van der Waals surface area contributed by atoms with Crippen LogP contribution in [0.2, 0.25) is 0 Å².